The van der Waals surface area contributed by atoms with Crippen molar-refractivity contribution >= 4 is 29.3 Å². The lowest BCUT2D eigenvalue weighted by molar-refractivity contribution is 0.0696. The molecule has 0 spiro atoms. The molecule has 1 aliphatic rings. The van der Waals surface area contributed by atoms with Crippen molar-refractivity contribution in [1.29, 1.82) is 0 Å². The summed E-state index contributed by atoms with van der Waals surface area (Å²) in [6.45, 7) is 2.78. The van der Waals surface area contributed by atoms with Crippen molar-refractivity contribution in [3.05, 3.63) is 77.3 Å². The third-order valence-corrected chi connectivity index (χ3v) is 5.64. The second kappa shape index (κ2) is 8.80. The van der Waals surface area contributed by atoms with Gasteiger partial charge in [0, 0.05) is 18.3 Å². The zero-order valence-corrected chi connectivity index (χ0v) is 18.0. The van der Waals surface area contributed by atoms with Gasteiger partial charge in [-0.15, -0.1) is 0 Å². The van der Waals surface area contributed by atoms with Crippen LogP contribution in [-0.2, 0) is 0 Å². The molecular formula is C23H21N3O5S. The molecule has 2 aromatic heterocycles. The minimum Gasteiger partial charge on any atom is -0.478 e. The normalized spacial score (nSPS) is 17.9. The molecule has 32 heavy (non-hydrogen) atoms. The molecular weight excluding hydrogens is 430 g/mol. The summed E-state index contributed by atoms with van der Waals surface area (Å²) >= 11 is 5.57. The van der Waals surface area contributed by atoms with Crippen molar-refractivity contribution in [3.63, 3.8) is 0 Å². The summed E-state index contributed by atoms with van der Waals surface area (Å²) in [5.41, 5.74) is 0.942. The average molecular weight is 452 g/mol. The number of carbonyl (C=O) groups is 2. The van der Waals surface area contributed by atoms with E-state index in [9.17, 15) is 19.8 Å². The van der Waals surface area contributed by atoms with Gasteiger partial charge in [-0.25, -0.2) is 9.59 Å². The molecule has 2 atom stereocenters. The Morgan fingerprint density at radius 2 is 1.84 bits per heavy atom. The van der Waals surface area contributed by atoms with E-state index in [2.05, 4.69) is 17.2 Å². The van der Waals surface area contributed by atoms with Gasteiger partial charge in [-0.1, -0.05) is 13.0 Å². The molecule has 0 saturated carbocycles. The van der Waals surface area contributed by atoms with E-state index in [1.54, 1.807) is 12.3 Å². The molecule has 1 aromatic carbocycles. The monoisotopic (exact) mass is 451 g/mol. The Balaban J connectivity index is 1.76. The Morgan fingerprint density at radius 1 is 1.12 bits per heavy atom. The van der Waals surface area contributed by atoms with Crippen molar-refractivity contribution < 1.29 is 24.2 Å². The smallest absolute Gasteiger partial charge is 0.335 e. The van der Waals surface area contributed by atoms with Gasteiger partial charge >= 0.3 is 11.9 Å². The van der Waals surface area contributed by atoms with Crippen LogP contribution in [0, 0.1) is 0 Å². The number of hydrogen-bond acceptors (Lipinski definition) is 5. The van der Waals surface area contributed by atoms with Crippen LogP contribution in [0.25, 0.3) is 11.3 Å². The summed E-state index contributed by atoms with van der Waals surface area (Å²) in [5, 5.41) is 22.7. The van der Waals surface area contributed by atoms with Gasteiger partial charge in [0.2, 0.25) is 0 Å². The molecule has 3 heterocycles. The Hall–Kier alpha value is -3.72. The van der Waals surface area contributed by atoms with Gasteiger partial charge in [0.05, 0.1) is 22.9 Å². The van der Waals surface area contributed by atoms with Gasteiger partial charge in [-0.2, -0.15) is 0 Å². The highest BCUT2D eigenvalue weighted by Gasteiger charge is 2.41. The number of rotatable bonds is 7. The van der Waals surface area contributed by atoms with Crippen LogP contribution in [0.1, 0.15) is 57.6 Å². The van der Waals surface area contributed by atoms with Gasteiger partial charge in [0.25, 0.3) is 0 Å². The number of thiocarbonyl (C=S) groups is 1. The largest absolute Gasteiger partial charge is 0.478 e. The highest BCUT2D eigenvalue weighted by Crippen LogP contribution is 2.40. The van der Waals surface area contributed by atoms with Crippen molar-refractivity contribution in [2.24, 2.45) is 0 Å². The SMILES string of the molecule is CCCN1C(=S)NC(c2ccccn2)C1c1ccc(-c2cc(C(=O)O)cc(C(=O)O)c2)o1. The van der Waals surface area contributed by atoms with Gasteiger partial charge in [-0.05, 0) is 61.1 Å². The number of nitrogens with one attached hydrogen (secondary N) is 1. The quantitative estimate of drug-likeness (QED) is 0.456. The lowest BCUT2D eigenvalue weighted by atomic mass is 10.0. The van der Waals surface area contributed by atoms with Crippen LogP contribution in [-0.4, -0.2) is 43.7 Å². The van der Waals surface area contributed by atoms with Crippen LogP contribution < -0.4 is 5.32 Å². The molecule has 0 aliphatic carbocycles. The summed E-state index contributed by atoms with van der Waals surface area (Å²) in [6.07, 6.45) is 2.60. The molecule has 2 unspecified atom stereocenters. The topological polar surface area (TPSA) is 116 Å². The van der Waals surface area contributed by atoms with Gasteiger partial charge in [0.15, 0.2) is 5.11 Å². The van der Waals surface area contributed by atoms with E-state index in [0.29, 0.717) is 28.7 Å². The maximum atomic E-state index is 11.5. The number of hydrogen-bond donors (Lipinski definition) is 3. The van der Waals surface area contributed by atoms with Gasteiger partial charge in [0.1, 0.15) is 17.6 Å². The first-order valence-electron chi connectivity index (χ1n) is 10.1. The fourth-order valence-electron chi connectivity index (χ4n) is 3.88. The van der Waals surface area contributed by atoms with Crippen LogP contribution >= 0.6 is 12.2 Å². The third kappa shape index (κ3) is 4.06. The predicted octanol–water partition coefficient (Wildman–Crippen LogP) is 4.12. The van der Waals surface area contributed by atoms with E-state index in [0.717, 1.165) is 18.2 Å². The molecule has 164 valence electrons. The number of carboxylic acid groups (broad SMARTS) is 2. The summed E-state index contributed by atoms with van der Waals surface area (Å²) in [7, 11) is 0. The third-order valence-electron chi connectivity index (χ3n) is 5.29. The number of aromatic carboxylic acids is 2. The Labute approximate surface area is 189 Å². The van der Waals surface area contributed by atoms with Crippen molar-refractivity contribution in [3.8, 4) is 11.3 Å². The predicted molar refractivity (Wildman–Crippen MR) is 121 cm³/mol. The van der Waals surface area contributed by atoms with Gasteiger partial charge in [-0.3, -0.25) is 4.98 Å². The highest BCUT2D eigenvalue weighted by molar-refractivity contribution is 7.80. The molecule has 1 saturated heterocycles. The van der Waals surface area contributed by atoms with Crippen molar-refractivity contribution in [2.45, 2.75) is 25.4 Å². The second-order valence-corrected chi connectivity index (χ2v) is 7.82. The molecule has 3 aromatic rings. The van der Waals surface area contributed by atoms with E-state index in [1.807, 2.05) is 29.2 Å². The maximum Gasteiger partial charge on any atom is 0.335 e. The maximum absolute atomic E-state index is 11.5. The van der Waals surface area contributed by atoms with Crippen molar-refractivity contribution in [1.82, 2.24) is 15.2 Å². The molecule has 0 amide bonds. The molecule has 1 aliphatic heterocycles. The Bertz CT molecular complexity index is 1150. The fraction of sp³-hybridized carbons (Fsp3) is 0.217. The first-order chi connectivity index (χ1) is 15.4. The standard InChI is InChI=1S/C23H21N3O5S/c1-2-9-26-20(19(25-23(26)32)16-5-3-4-8-24-16)18-7-6-17(31-18)13-10-14(21(27)28)12-15(11-13)22(29)30/h3-8,10-12,19-20H,2,9H2,1H3,(H,25,32)(H,27,28)(H,29,30). The molecule has 0 radical (unpaired) electrons. The minimum absolute atomic E-state index is 0.125. The molecule has 1 fully saturated rings. The van der Waals surface area contributed by atoms with Crippen LogP contribution in [0.4, 0.5) is 0 Å². The molecule has 4 rings (SSSR count). The van der Waals surface area contributed by atoms with E-state index >= 15 is 0 Å². The Kier molecular flexibility index (Phi) is 5.91. The summed E-state index contributed by atoms with van der Waals surface area (Å²) in [6, 6.07) is 12.6. The minimum atomic E-state index is -1.21. The number of benzene rings is 1. The summed E-state index contributed by atoms with van der Waals surface area (Å²) in [5.74, 6) is -1.43. The average Bonchev–Trinajstić information content (AvgIpc) is 3.39. The van der Waals surface area contributed by atoms with Gasteiger partial charge < -0.3 is 24.8 Å². The van der Waals surface area contributed by atoms with E-state index in [-0.39, 0.29) is 23.2 Å². The van der Waals surface area contributed by atoms with Crippen LogP contribution in [0.5, 0.6) is 0 Å². The van der Waals surface area contributed by atoms with Crippen LogP contribution in [0.3, 0.4) is 0 Å². The number of furan rings is 1. The number of aromatic nitrogens is 1. The lowest BCUT2D eigenvalue weighted by Crippen LogP contribution is -2.30. The number of nitrogens with zero attached hydrogens (tertiary/aromatic N) is 2. The first kappa shape index (κ1) is 21.5. The Morgan fingerprint density at radius 3 is 2.44 bits per heavy atom. The summed E-state index contributed by atoms with van der Waals surface area (Å²) in [4.78, 5) is 29.5. The number of carboxylic acids is 2. The van der Waals surface area contributed by atoms with Crippen LogP contribution in [0.2, 0.25) is 0 Å². The zero-order chi connectivity index (χ0) is 22.8. The molecule has 9 heteroatoms. The van der Waals surface area contributed by atoms with E-state index in [1.165, 1.54) is 12.1 Å². The fourth-order valence-corrected chi connectivity index (χ4v) is 4.21. The molecule has 0 bridgehead atoms. The molecule has 8 nitrogen and oxygen atoms in total. The first-order valence-corrected chi connectivity index (χ1v) is 10.5. The van der Waals surface area contributed by atoms with E-state index in [4.69, 9.17) is 16.6 Å². The molecule has 3 N–H and O–H groups in total. The lowest BCUT2D eigenvalue weighted by Gasteiger charge is -2.25. The second-order valence-electron chi connectivity index (χ2n) is 7.43. The number of pyridine rings is 1. The van der Waals surface area contributed by atoms with Crippen LogP contribution in [0.15, 0.2) is 59.1 Å². The van der Waals surface area contributed by atoms with E-state index < -0.39 is 11.9 Å². The highest BCUT2D eigenvalue weighted by atomic mass is 32.1. The van der Waals surface area contributed by atoms with Crippen molar-refractivity contribution in [2.75, 3.05) is 6.54 Å². The zero-order valence-electron chi connectivity index (χ0n) is 17.2. The summed E-state index contributed by atoms with van der Waals surface area (Å²) < 4.78 is 6.14.